The number of amides is 1. The summed E-state index contributed by atoms with van der Waals surface area (Å²) in [5.74, 6) is -0.892. The van der Waals surface area contributed by atoms with Crippen molar-refractivity contribution in [3.8, 4) is 0 Å². The van der Waals surface area contributed by atoms with Crippen molar-refractivity contribution >= 4 is 12.1 Å². The molecule has 1 spiro atoms. The summed E-state index contributed by atoms with van der Waals surface area (Å²) in [5, 5.41) is 8.99. The Morgan fingerprint density at radius 1 is 1.30 bits per heavy atom. The minimum atomic E-state index is -0.892. The van der Waals surface area contributed by atoms with E-state index in [0.717, 1.165) is 12.8 Å². The van der Waals surface area contributed by atoms with Gasteiger partial charge in [0, 0.05) is 18.5 Å². The van der Waals surface area contributed by atoms with Crippen molar-refractivity contribution in [3.63, 3.8) is 0 Å². The number of carbonyl (C=O) groups is 2. The Morgan fingerprint density at radius 3 is 2.35 bits per heavy atom. The molecule has 2 saturated heterocycles. The van der Waals surface area contributed by atoms with E-state index in [2.05, 4.69) is 0 Å². The summed E-state index contributed by atoms with van der Waals surface area (Å²) in [7, 11) is 0. The Bertz CT molecular complexity index is 393. The standard InChI is InChI=1S/C14H23NO5/c1-13(2,3)20-12(18)15-6-4-14(5-7-15)8-10(11(16)17)19-9-14/h10H,4-9H2,1-3H3,(H,16,17). The first-order valence-electron chi connectivity index (χ1n) is 7.03. The van der Waals surface area contributed by atoms with Gasteiger partial charge in [-0.25, -0.2) is 9.59 Å². The summed E-state index contributed by atoms with van der Waals surface area (Å²) in [6, 6.07) is 0. The Balaban J connectivity index is 1.87. The topological polar surface area (TPSA) is 76.1 Å². The number of carboxylic acids is 1. The second kappa shape index (κ2) is 5.24. The van der Waals surface area contributed by atoms with Crippen LogP contribution in [-0.4, -0.2) is 53.5 Å². The lowest BCUT2D eigenvalue weighted by Gasteiger charge is -2.38. The van der Waals surface area contributed by atoms with E-state index in [0.29, 0.717) is 26.1 Å². The van der Waals surface area contributed by atoms with Crippen LogP contribution in [0.4, 0.5) is 4.79 Å². The van der Waals surface area contributed by atoms with Crippen molar-refractivity contribution in [3.05, 3.63) is 0 Å². The molecule has 1 atom stereocenters. The average molecular weight is 285 g/mol. The van der Waals surface area contributed by atoms with Gasteiger partial charge in [-0.15, -0.1) is 0 Å². The van der Waals surface area contributed by atoms with Gasteiger partial charge < -0.3 is 19.5 Å². The lowest BCUT2D eigenvalue weighted by Crippen LogP contribution is -2.45. The smallest absolute Gasteiger partial charge is 0.410 e. The molecule has 0 aromatic rings. The molecular weight excluding hydrogens is 262 g/mol. The quantitative estimate of drug-likeness (QED) is 0.796. The van der Waals surface area contributed by atoms with Crippen LogP contribution in [-0.2, 0) is 14.3 Å². The van der Waals surface area contributed by atoms with Gasteiger partial charge in [-0.3, -0.25) is 0 Å². The zero-order chi connectivity index (χ0) is 15.0. The van der Waals surface area contributed by atoms with Gasteiger partial charge in [-0.1, -0.05) is 0 Å². The van der Waals surface area contributed by atoms with Crippen LogP contribution in [0.25, 0.3) is 0 Å². The van der Waals surface area contributed by atoms with Crippen LogP contribution >= 0.6 is 0 Å². The van der Waals surface area contributed by atoms with E-state index < -0.39 is 17.7 Å². The largest absolute Gasteiger partial charge is 0.479 e. The van der Waals surface area contributed by atoms with Crippen molar-refractivity contribution in [1.82, 2.24) is 4.90 Å². The van der Waals surface area contributed by atoms with E-state index >= 15 is 0 Å². The highest BCUT2D eigenvalue weighted by Gasteiger charge is 2.45. The number of aliphatic carboxylic acids is 1. The summed E-state index contributed by atoms with van der Waals surface area (Å²) in [4.78, 5) is 24.6. The number of carbonyl (C=O) groups excluding carboxylic acids is 1. The second-order valence-corrected chi connectivity index (χ2v) is 6.81. The highest BCUT2D eigenvalue weighted by molar-refractivity contribution is 5.72. The first-order chi connectivity index (χ1) is 9.21. The molecule has 1 unspecified atom stereocenters. The third-order valence-electron chi connectivity index (χ3n) is 3.96. The molecular formula is C14H23NO5. The molecule has 0 bridgehead atoms. The number of hydrogen-bond acceptors (Lipinski definition) is 4. The fourth-order valence-corrected chi connectivity index (χ4v) is 2.79. The predicted octanol–water partition coefficient (Wildman–Crippen LogP) is 1.88. The molecule has 1 amide bonds. The molecule has 0 aliphatic carbocycles. The van der Waals surface area contributed by atoms with Crippen LogP contribution in [0.5, 0.6) is 0 Å². The Hall–Kier alpha value is -1.30. The monoisotopic (exact) mass is 285 g/mol. The summed E-state index contributed by atoms with van der Waals surface area (Å²) in [5.41, 5.74) is -0.571. The lowest BCUT2D eigenvalue weighted by atomic mass is 9.77. The molecule has 0 saturated carbocycles. The third kappa shape index (κ3) is 3.42. The molecule has 6 heteroatoms. The third-order valence-corrected chi connectivity index (χ3v) is 3.96. The molecule has 0 aromatic carbocycles. The number of ether oxygens (including phenoxy) is 2. The fourth-order valence-electron chi connectivity index (χ4n) is 2.79. The van der Waals surface area contributed by atoms with E-state index in [4.69, 9.17) is 14.6 Å². The van der Waals surface area contributed by atoms with Crippen LogP contribution in [0.15, 0.2) is 0 Å². The fraction of sp³-hybridized carbons (Fsp3) is 0.857. The van der Waals surface area contributed by atoms with Gasteiger partial charge in [0.25, 0.3) is 0 Å². The zero-order valence-electron chi connectivity index (χ0n) is 12.3. The van der Waals surface area contributed by atoms with Gasteiger partial charge >= 0.3 is 12.1 Å². The van der Waals surface area contributed by atoms with Gasteiger partial charge in [0.1, 0.15) is 5.60 Å². The molecule has 6 nitrogen and oxygen atoms in total. The van der Waals surface area contributed by atoms with Crippen LogP contribution in [0.3, 0.4) is 0 Å². The molecule has 0 aromatic heterocycles. The first-order valence-corrected chi connectivity index (χ1v) is 7.03. The molecule has 2 heterocycles. The Morgan fingerprint density at radius 2 is 1.90 bits per heavy atom. The Kier molecular flexibility index (Phi) is 3.95. The number of rotatable bonds is 1. The Labute approximate surface area is 119 Å². The van der Waals surface area contributed by atoms with Crippen LogP contribution in [0.1, 0.15) is 40.0 Å². The zero-order valence-corrected chi connectivity index (χ0v) is 12.3. The number of likely N-dealkylation sites (tertiary alicyclic amines) is 1. The average Bonchev–Trinajstić information content (AvgIpc) is 2.72. The molecule has 1 N–H and O–H groups in total. The minimum absolute atomic E-state index is 0.0818. The van der Waals surface area contributed by atoms with Crippen molar-refractivity contribution in [2.24, 2.45) is 5.41 Å². The van der Waals surface area contributed by atoms with Crippen LogP contribution < -0.4 is 0 Å². The summed E-state index contributed by atoms with van der Waals surface area (Å²) in [6.07, 6.45) is 1.11. The molecule has 2 fully saturated rings. The van der Waals surface area contributed by atoms with Crippen molar-refractivity contribution < 1.29 is 24.2 Å². The number of carboxylic acid groups (broad SMARTS) is 1. The van der Waals surface area contributed by atoms with Crippen LogP contribution in [0, 0.1) is 5.41 Å². The lowest BCUT2D eigenvalue weighted by molar-refractivity contribution is -0.147. The highest BCUT2D eigenvalue weighted by Crippen LogP contribution is 2.42. The summed E-state index contributed by atoms with van der Waals surface area (Å²) >= 11 is 0. The van der Waals surface area contributed by atoms with E-state index in [1.54, 1.807) is 4.90 Å². The van der Waals surface area contributed by atoms with Crippen molar-refractivity contribution in [2.75, 3.05) is 19.7 Å². The summed E-state index contributed by atoms with van der Waals surface area (Å²) < 4.78 is 10.7. The summed E-state index contributed by atoms with van der Waals surface area (Å²) in [6.45, 7) is 7.22. The SMILES string of the molecule is CC(C)(C)OC(=O)N1CCC2(CC1)COC(C(=O)O)C2. The van der Waals surface area contributed by atoms with E-state index in [1.807, 2.05) is 20.8 Å². The second-order valence-electron chi connectivity index (χ2n) is 6.81. The van der Waals surface area contributed by atoms with Crippen molar-refractivity contribution in [1.29, 1.82) is 0 Å². The molecule has 114 valence electrons. The van der Waals surface area contributed by atoms with Gasteiger partial charge in [-0.05, 0) is 40.0 Å². The highest BCUT2D eigenvalue weighted by atomic mass is 16.6. The maximum absolute atomic E-state index is 12.0. The van der Waals surface area contributed by atoms with Crippen LogP contribution in [0.2, 0.25) is 0 Å². The van der Waals surface area contributed by atoms with E-state index in [9.17, 15) is 9.59 Å². The maximum atomic E-state index is 12.0. The maximum Gasteiger partial charge on any atom is 0.410 e. The normalized spacial score (nSPS) is 25.8. The number of piperidine rings is 1. The molecule has 20 heavy (non-hydrogen) atoms. The predicted molar refractivity (Wildman–Crippen MR) is 71.5 cm³/mol. The van der Waals surface area contributed by atoms with E-state index in [1.165, 1.54) is 0 Å². The molecule has 2 rings (SSSR count). The molecule has 2 aliphatic heterocycles. The molecule has 0 radical (unpaired) electrons. The molecule has 2 aliphatic rings. The van der Waals surface area contributed by atoms with Gasteiger partial charge in [-0.2, -0.15) is 0 Å². The van der Waals surface area contributed by atoms with Crippen molar-refractivity contribution in [2.45, 2.75) is 51.7 Å². The first kappa shape index (κ1) is 15.1. The minimum Gasteiger partial charge on any atom is -0.479 e. The number of nitrogens with zero attached hydrogens (tertiary/aromatic N) is 1. The van der Waals surface area contributed by atoms with Gasteiger partial charge in [0.2, 0.25) is 0 Å². The van der Waals surface area contributed by atoms with E-state index in [-0.39, 0.29) is 11.5 Å². The van der Waals surface area contributed by atoms with Gasteiger partial charge in [0.05, 0.1) is 6.61 Å². The number of hydrogen-bond donors (Lipinski definition) is 1. The van der Waals surface area contributed by atoms with Gasteiger partial charge in [0.15, 0.2) is 6.10 Å².